The third-order valence-corrected chi connectivity index (χ3v) is 3.88. The Labute approximate surface area is 118 Å². The van der Waals surface area contributed by atoms with Gasteiger partial charge in [0.15, 0.2) is 0 Å². The molecule has 2 unspecified atom stereocenters. The smallest absolute Gasteiger partial charge is 0.123 e. The number of rotatable bonds is 5. The Morgan fingerprint density at radius 1 is 1.50 bits per heavy atom. The summed E-state index contributed by atoms with van der Waals surface area (Å²) in [6.45, 7) is 3.02. The molecule has 0 bridgehead atoms. The third-order valence-electron chi connectivity index (χ3n) is 3.88. The molecule has 1 aliphatic rings. The lowest BCUT2D eigenvalue weighted by molar-refractivity contribution is 0.175. The van der Waals surface area contributed by atoms with Crippen LogP contribution < -0.4 is 16.0 Å². The number of nitrogens with one attached hydrogen (secondary N) is 1. The van der Waals surface area contributed by atoms with Crippen molar-refractivity contribution < 1.29 is 4.74 Å². The van der Waals surface area contributed by atoms with Crippen molar-refractivity contribution in [1.82, 2.24) is 15.0 Å². The van der Waals surface area contributed by atoms with Crippen LogP contribution in [0.4, 0.5) is 0 Å². The number of nitrogens with zero attached hydrogens (tertiary/aromatic N) is 2. The Hall–Kier alpha value is -1.85. The number of imidazole rings is 1. The zero-order valence-electron chi connectivity index (χ0n) is 11.6. The molecule has 3 rings (SSSR count). The van der Waals surface area contributed by atoms with Crippen LogP contribution >= 0.6 is 0 Å². The Bertz CT molecular complexity index is 556. The van der Waals surface area contributed by atoms with Gasteiger partial charge in [-0.2, -0.15) is 0 Å². The highest BCUT2D eigenvalue weighted by atomic mass is 16.5. The van der Waals surface area contributed by atoms with E-state index in [9.17, 15) is 0 Å². The van der Waals surface area contributed by atoms with Gasteiger partial charge in [0.25, 0.3) is 0 Å². The van der Waals surface area contributed by atoms with Crippen molar-refractivity contribution >= 4 is 0 Å². The number of fused-ring (bicyclic) bond motifs is 1. The van der Waals surface area contributed by atoms with Gasteiger partial charge in [0.1, 0.15) is 17.7 Å². The summed E-state index contributed by atoms with van der Waals surface area (Å²) in [5.74, 6) is 7.73. The van der Waals surface area contributed by atoms with Crippen LogP contribution in [-0.2, 0) is 19.4 Å². The summed E-state index contributed by atoms with van der Waals surface area (Å²) in [6, 6.07) is 8.20. The van der Waals surface area contributed by atoms with Gasteiger partial charge in [-0.3, -0.25) is 11.3 Å². The molecule has 0 spiro atoms. The first-order chi connectivity index (χ1) is 9.81. The van der Waals surface area contributed by atoms with Crippen LogP contribution in [0.2, 0.25) is 0 Å². The molecule has 5 heteroatoms. The Morgan fingerprint density at radius 3 is 3.10 bits per heavy atom. The minimum Gasteiger partial charge on any atom is -0.488 e. The minimum absolute atomic E-state index is 0.0510. The molecule has 0 saturated heterocycles. The number of hydrazine groups is 1. The van der Waals surface area contributed by atoms with E-state index in [1.54, 1.807) is 0 Å². The molecule has 20 heavy (non-hydrogen) atoms. The van der Waals surface area contributed by atoms with E-state index in [-0.39, 0.29) is 12.1 Å². The molecule has 5 nitrogen and oxygen atoms in total. The maximum Gasteiger partial charge on any atom is 0.123 e. The fourth-order valence-electron chi connectivity index (χ4n) is 2.75. The van der Waals surface area contributed by atoms with Gasteiger partial charge in [0, 0.05) is 31.8 Å². The highest BCUT2D eigenvalue weighted by molar-refractivity contribution is 5.37. The molecular formula is C15H20N4O. The summed E-state index contributed by atoms with van der Waals surface area (Å²) >= 11 is 0. The lowest BCUT2D eigenvalue weighted by atomic mass is 10.0. The van der Waals surface area contributed by atoms with Crippen LogP contribution in [0.1, 0.15) is 18.3 Å². The molecule has 1 aromatic carbocycles. The van der Waals surface area contributed by atoms with Gasteiger partial charge in [-0.25, -0.2) is 4.98 Å². The second kappa shape index (κ2) is 5.64. The number of hydrogen-bond donors (Lipinski definition) is 2. The van der Waals surface area contributed by atoms with Crippen LogP contribution in [0.5, 0.6) is 5.75 Å². The van der Waals surface area contributed by atoms with Crippen LogP contribution in [0.15, 0.2) is 36.7 Å². The van der Waals surface area contributed by atoms with E-state index >= 15 is 0 Å². The standard InChI is InChI=1S/C15H20N4O/c1-2-19-8-7-17-15(19)10-12(18-16)14-9-11-5-3-4-6-13(11)20-14/h3-8,12,14,18H,2,9-10,16H2,1H3. The van der Waals surface area contributed by atoms with Crippen molar-refractivity contribution in [2.75, 3.05) is 0 Å². The lowest BCUT2D eigenvalue weighted by Gasteiger charge is -2.22. The summed E-state index contributed by atoms with van der Waals surface area (Å²) in [5, 5.41) is 0. The summed E-state index contributed by atoms with van der Waals surface area (Å²) in [7, 11) is 0. The molecule has 1 aromatic heterocycles. The Morgan fingerprint density at radius 2 is 2.35 bits per heavy atom. The number of nitrogens with two attached hydrogens (primary N) is 1. The molecule has 0 radical (unpaired) electrons. The van der Waals surface area contributed by atoms with E-state index in [1.807, 2.05) is 30.6 Å². The van der Waals surface area contributed by atoms with E-state index < -0.39 is 0 Å². The van der Waals surface area contributed by atoms with Crippen LogP contribution in [0.25, 0.3) is 0 Å². The summed E-state index contributed by atoms with van der Waals surface area (Å²) in [4.78, 5) is 4.41. The van der Waals surface area contributed by atoms with Gasteiger partial charge in [-0.05, 0) is 18.6 Å². The first-order valence-corrected chi connectivity index (χ1v) is 7.02. The van der Waals surface area contributed by atoms with Gasteiger partial charge < -0.3 is 9.30 Å². The molecule has 3 N–H and O–H groups in total. The monoisotopic (exact) mass is 272 g/mol. The molecule has 2 heterocycles. The number of benzene rings is 1. The van der Waals surface area contributed by atoms with Crippen LogP contribution in [0.3, 0.4) is 0 Å². The second-order valence-corrected chi connectivity index (χ2v) is 5.07. The molecule has 0 aliphatic carbocycles. The molecule has 2 aromatic rings. The van der Waals surface area contributed by atoms with Gasteiger partial charge in [0.05, 0.1) is 6.04 Å². The molecule has 106 valence electrons. The van der Waals surface area contributed by atoms with E-state index in [0.717, 1.165) is 31.0 Å². The fourth-order valence-corrected chi connectivity index (χ4v) is 2.75. The average Bonchev–Trinajstić information content (AvgIpc) is 3.10. The van der Waals surface area contributed by atoms with Crippen molar-refractivity contribution in [3.8, 4) is 5.75 Å². The van der Waals surface area contributed by atoms with Crippen LogP contribution in [-0.4, -0.2) is 21.7 Å². The quantitative estimate of drug-likeness (QED) is 0.636. The van der Waals surface area contributed by atoms with Crippen molar-refractivity contribution in [3.05, 3.63) is 48.0 Å². The highest BCUT2D eigenvalue weighted by Gasteiger charge is 2.30. The number of aromatic nitrogens is 2. The molecule has 2 atom stereocenters. The molecule has 0 fully saturated rings. The topological polar surface area (TPSA) is 65.1 Å². The van der Waals surface area contributed by atoms with E-state index in [1.165, 1.54) is 5.56 Å². The predicted octanol–water partition coefficient (Wildman–Crippen LogP) is 1.28. The summed E-state index contributed by atoms with van der Waals surface area (Å²) < 4.78 is 8.13. The normalized spacial score (nSPS) is 18.6. The number of para-hydroxylation sites is 1. The molecule has 0 amide bonds. The molecule has 0 saturated carbocycles. The maximum absolute atomic E-state index is 6.00. The summed E-state index contributed by atoms with van der Waals surface area (Å²) in [6.07, 6.45) is 5.52. The lowest BCUT2D eigenvalue weighted by Crippen LogP contribution is -2.47. The molecular weight excluding hydrogens is 252 g/mol. The first kappa shape index (κ1) is 13.1. The predicted molar refractivity (Wildman–Crippen MR) is 77.3 cm³/mol. The highest BCUT2D eigenvalue weighted by Crippen LogP contribution is 2.30. The number of aryl methyl sites for hydroxylation is 1. The summed E-state index contributed by atoms with van der Waals surface area (Å²) in [5.41, 5.74) is 4.14. The van der Waals surface area contributed by atoms with Gasteiger partial charge in [0.2, 0.25) is 0 Å². The van der Waals surface area contributed by atoms with Gasteiger partial charge in [-0.15, -0.1) is 0 Å². The van der Waals surface area contributed by atoms with E-state index in [2.05, 4.69) is 28.0 Å². The third kappa shape index (κ3) is 2.42. The van der Waals surface area contributed by atoms with Crippen LogP contribution in [0, 0.1) is 0 Å². The minimum atomic E-state index is 0.0510. The first-order valence-electron chi connectivity index (χ1n) is 7.02. The fraction of sp³-hybridized carbons (Fsp3) is 0.400. The van der Waals surface area contributed by atoms with Crippen molar-refractivity contribution in [2.45, 2.75) is 38.5 Å². The Kier molecular flexibility index (Phi) is 3.71. The maximum atomic E-state index is 6.00. The Balaban J connectivity index is 1.73. The number of ether oxygens (including phenoxy) is 1. The van der Waals surface area contributed by atoms with Gasteiger partial charge in [-0.1, -0.05) is 18.2 Å². The van der Waals surface area contributed by atoms with Crippen molar-refractivity contribution in [3.63, 3.8) is 0 Å². The average molecular weight is 272 g/mol. The number of hydrogen-bond acceptors (Lipinski definition) is 4. The van der Waals surface area contributed by atoms with E-state index in [0.29, 0.717) is 0 Å². The zero-order chi connectivity index (χ0) is 13.9. The van der Waals surface area contributed by atoms with Crippen molar-refractivity contribution in [1.29, 1.82) is 0 Å². The second-order valence-electron chi connectivity index (χ2n) is 5.07. The largest absolute Gasteiger partial charge is 0.488 e. The molecule has 1 aliphatic heterocycles. The van der Waals surface area contributed by atoms with Gasteiger partial charge >= 0.3 is 0 Å². The van der Waals surface area contributed by atoms with Crippen molar-refractivity contribution in [2.24, 2.45) is 5.84 Å². The zero-order valence-corrected chi connectivity index (χ0v) is 11.6. The van der Waals surface area contributed by atoms with E-state index in [4.69, 9.17) is 10.6 Å². The SMILES string of the molecule is CCn1ccnc1CC(NN)C1Cc2ccccc2O1.